The van der Waals surface area contributed by atoms with E-state index in [9.17, 15) is 13.2 Å². The molecule has 1 heterocycles. The van der Waals surface area contributed by atoms with E-state index in [1.165, 1.54) is 29.6 Å². The zero-order valence-corrected chi connectivity index (χ0v) is 16.5. The van der Waals surface area contributed by atoms with Gasteiger partial charge in [-0.15, -0.1) is 6.58 Å². The highest BCUT2D eigenvalue weighted by Crippen LogP contribution is 2.23. The van der Waals surface area contributed by atoms with Crippen LogP contribution in [0.25, 0.3) is 0 Å². The molecule has 26 heavy (non-hydrogen) atoms. The van der Waals surface area contributed by atoms with Crippen LogP contribution in [0.3, 0.4) is 0 Å². The maximum Gasteiger partial charge on any atom is 0.243 e. The first-order valence-electron chi connectivity index (χ1n) is 8.80. The minimum atomic E-state index is -3.79. The lowest BCUT2D eigenvalue weighted by molar-refractivity contribution is -0.134. The van der Waals surface area contributed by atoms with Crippen molar-refractivity contribution in [2.75, 3.05) is 33.3 Å². The summed E-state index contributed by atoms with van der Waals surface area (Å²) < 4.78 is 32.1. The number of hydrogen-bond donors (Lipinski definition) is 0. The fraction of sp³-hybridized carbons (Fsp3) is 0.526. The Bertz CT molecular complexity index is 720. The minimum absolute atomic E-state index is 0.0824. The summed E-state index contributed by atoms with van der Waals surface area (Å²) in [6.45, 7) is 9.11. The van der Waals surface area contributed by atoms with Crippen LogP contribution in [0.1, 0.15) is 20.3 Å². The summed E-state index contributed by atoms with van der Waals surface area (Å²) in [5.41, 5.74) is 0. The molecule has 0 aromatic heterocycles. The van der Waals surface area contributed by atoms with Crippen molar-refractivity contribution in [3.8, 4) is 5.75 Å². The molecule has 0 bridgehead atoms. The molecule has 2 unspecified atom stereocenters. The predicted octanol–water partition coefficient (Wildman–Crippen LogP) is 2.38. The first-order chi connectivity index (χ1) is 12.3. The Morgan fingerprint density at radius 2 is 1.85 bits per heavy atom. The van der Waals surface area contributed by atoms with Gasteiger partial charge in [-0.05, 0) is 42.5 Å². The monoisotopic (exact) mass is 380 g/mol. The van der Waals surface area contributed by atoms with Gasteiger partial charge in [0, 0.05) is 19.6 Å². The maximum absolute atomic E-state index is 12.9. The van der Waals surface area contributed by atoms with Crippen molar-refractivity contribution in [3.05, 3.63) is 36.9 Å². The van der Waals surface area contributed by atoms with E-state index in [0.29, 0.717) is 30.7 Å². The lowest BCUT2D eigenvalue weighted by Gasteiger charge is -2.36. The van der Waals surface area contributed by atoms with E-state index in [1.807, 2.05) is 0 Å². The number of nitrogens with zero attached hydrogens (tertiary/aromatic N) is 2. The second kappa shape index (κ2) is 8.68. The second-order valence-electron chi connectivity index (χ2n) is 7.01. The standard InChI is InChI=1S/C19H28N2O4S/c1-5-10-21(14-19(22)20-12-15(2)11-16(3)13-20)26(23,24)18-8-6-17(25-4)7-9-18/h5-9,15-16H,1,10-14H2,2-4H3. The molecule has 1 fully saturated rings. The summed E-state index contributed by atoms with van der Waals surface area (Å²) in [4.78, 5) is 14.6. The average molecular weight is 381 g/mol. The van der Waals surface area contributed by atoms with Crippen molar-refractivity contribution in [1.29, 1.82) is 0 Å². The van der Waals surface area contributed by atoms with Crippen LogP contribution >= 0.6 is 0 Å². The number of piperidine rings is 1. The van der Waals surface area contributed by atoms with Crippen molar-refractivity contribution in [2.24, 2.45) is 11.8 Å². The second-order valence-corrected chi connectivity index (χ2v) is 8.94. The molecular formula is C19H28N2O4S. The van der Waals surface area contributed by atoms with Crippen LogP contribution in [0.15, 0.2) is 41.8 Å². The first-order valence-corrected chi connectivity index (χ1v) is 10.2. The molecule has 6 nitrogen and oxygen atoms in total. The Morgan fingerprint density at radius 3 is 2.35 bits per heavy atom. The van der Waals surface area contributed by atoms with Crippen molar-refractivity contribution in [2.45, 2.75) is 25.2 Å². The molecule has 0 aliphatic carbocycles. The third kappa shape index (κ3) is 4.86. The largest absolute Gasteiger partial charge is 0.497 e. The number of methoxy groups -OCH3 is 1. The van der Waals surface area contributed by atoms with Gasteiger partial charge in [0.05, 0.1) is 18.6 Å². The summed E-state index contributed by atoms with van der Waals surface area (Å²) in [7, 11) is -2.27. The number of hydrogen-bond acceptors (Lipinski definition) is 4. The van der Waals surface area contributed by atoms with Gasteiger partial charge in [0.15, 0.2) is 0 Å². The number of rotatable bonds is 7. The van der Waals surface area contributed by atoms with Crippen LogP contribution in [0, 0.1) is 11.8 Å². The molecule has 144 valence electrons. The van der Waals surface area contributed by atoms with Gasteiger partial charge in [-0.2, -0.15) is 4.31 Å². The molecule has 1 aromatic carbocycles. The van der Waals surface area contributed by atoms with Crippen LogP contribution in [0.2, 0.25) is 0 Å². The highest BCUT2D eigenvalue weighted by atomic mass is 32.2. The average Bonchev–Trinajstić information content (AvgIpc) is 2.60. The van der Waals surface area contributed by atoms with Gasteiger partial charge in [0.25, 0.3) is 0 Å². The van der Waals surface area contributed by atoms with Crippen LogP contribution < -0.4 is 4.74 Å². The Morgan fingerprint density at radius 1 is 1.27 bits per heavy atom. The van der Waals surface area contributed by atoms with Gasteiger partial charge in [-0.3, -0.25) is 4.79 Å². The predicted molar refractivity (Wildman–Crippen MR) is 101 cm³/mol. The number of sulfonamides is 1. The molecule has 0 saturated carbocycles. The normalized spacial score (nSPS) is 20.8. The Hall–Kier alpha value is -1.86. The fourth-order valence-corrected chi connectivity index (χ4v) is 4.77. The van der Waals surface area contributed by atoms with Crippen LogP contribution in [0.4, 0.5) is 0 Å². The van der Waals surface area contributed by atoms with Gasteiger partial charge in [0.1, 0.15) is 5.75 Å². The topological polar surface area (TPSA) is 66.9 Å². The number of amides is 1. The van der Waals surface area contributed by atoms with Crippen LogP contribution in [-0.4, -0.2) is 56.8 Å². The number of benzene rings is 1. The molecule has 1 saturated heterocycles. The SMILES string of the molecule is C=CCN(CC(=O)N1CC(C)CC(C)C1)S(=O)(=O)c1ccc(OC)cc1. The molecule has 1 aliphatic heterocycles. The van der Waals surface area contributed by atoms with Crippen molar-refractivity contribution in [3.63, 3.8) is 0 Å². The van der Waals surface area contributed by atoms with E-state index in [1.54, 1.807) is 17.0 Å². The quantitative estimate of drug-likeness (QED) is 0.681. The van der Waals surface area contributed by atoms with E-state index >= 15 is 0 Å². The summed E-state index contributed by atoms with van der Waals surface area (Å²) in [6, 6.07) is 6.16. The highest BCUT2D eigenvalue weighted by Gasteiger charge is 2.30. The molecule has 1 amide bonds. The minimum Gasteiger partial charge on any atom is -0.497 e. The van der Waals surface area contributed by atoms with E-state index in [0.717, 1.165) is 6.42 Å². The van der Waals surface area contributed by atoms with Crippen molar-refractivity contribution in [1.82, 2.24) is 9.21 Å². The van der Waals surface area contributed by atoms with E-state index in [2.05, 4.69) is 20.4 Å². The van der Waals surface area contributed by atoms with Gasteiger partial charge < -0.3 is 9.64 Å². The van der Waals surface area contributed by atoms with E-state index in [4.69, 9.17) is 4.74 Å². The van der Waals surface area contributed by atoms with Gasteiger partial charge in [0.2, 0.25) is 15.9 Å². The number of likely N-dealkylation sites (tertiary alicyclic amines) is 1. The smallest absolute Gasteiger partial charge is 0.243 e. The fourth-order valence-electron chi connectivity index (χ4n) is 3.41. The van der Waals surface area contributed by atoms with E-state index in [-0.39, 0.29) is 23.9 Å². The summed E-state index contributed by atoms with van der Waals surface area (Å²) in [5.74, 6) is 1.26. The molecule has 0 radical (unpaired) electrons. The zero-order valence-electron chi connectivity index (χ0n) is 15.7. The molecule has 1 aliphatic rings. The van der Waals surface area contributed by atoms with E-state index < -0.39 is 10.0 Å². The summed E-state index contributed by atoms with van der Waals surface area (Å²) in [6.07, 6.45) is 2.58. The van der Waals surface area contributed by atoms with Gasteiger partial charge >= 0.3 is 0 Å². The molecule has 1 aromatic rings. The molecular weight excluding hydrogens is 352 g/mol. The molecule has 2 rings (SSSR count). The lowest BCUT2D eigenvalue weighted by atomic mass is 9.92. The number of carbonyl (C=O) groups is 1. The number of ether oxygens (including phenoxy) is 1. The lowest BCUT2D eigenvalue weighted by Crippen LogP contribution is -2.48. The van der Waals surface area contributed by atoms with Crippen LogP contribution in [0.5, 0.6) is 5.75 Å². The van der Waals surface area contributed by atoms with Gasteiger partial charge in [-0.25, -0.2) is 8.42 Å². The Balaban J connectivity index is 2.18. The first kappa shape index (κ1) is 20.5. The van der Waals surface area contributed by atoms with Crippen molar-refractivity contribution >= 4 is 15.9 Å². The van der Waals surface area contributed by atoms with Crippen molar-refractivity contribution < 1.29 is 17.9 Å². The van der Waals surface area contributed by atoms with Gasteiger partial charge in [-0.1, -0.05) is 19.9 Å². The zero-order chi connectivity index (χ0) is 19.3. The Labute approximate surface area is 156 Å². The molecule has 0 N–H and O–H groups in total. The molecule has 2 atom stereocenters. The third-order valence-corrected chi connectivity index (χ3v) is 6.39. The number of carbonyl (C=O) groups excluding carboxylic acids is 1. The van der Waals surface area contributed by atoms with Crippen LogP contribution in [-0.2, 0) is 14.8 Å². The summed E-state index contributed by atoms with van der Waals surface area (Å²) in [5, 5.41) is 0. The molecule has 0 spiro atoms. The Kier molecular flexibility index (Phi) is 6.83. The highest BCUT2D eigenvalue weighted by molar-refractivity contribution is 7.89. The summed E-state index contributed by atoms with van der Waals surface area (Å²) >= 11 is 0. The molecule has 7 heteroatoms. The maximum atomic E-state index is 12.9. The third-order valence-electron chi connectivity index (χ3n) is 4.56.